The molecule has 1 fully saturated rings. The molecule has 1 aliphatic heterocycles. The maximum atomic E-state index is 11.9. The molecule has 2 rings (SSSR count). The Labute approximate surface area is 141 Å². The summed E-state index contributed by atoms with van der Waals surface area (Å²) in [6, 6.07) is 5.56. The van der Waals surface area contributed by atoms with Gasteiger partial charge in [0.15, 0.2) is 0 Å². The number of piperidine rings is 1. The van der Waals surface area contributed by atoms with Crippen molar-refractivity contribution in [3.8, 4) is 0 Å². The lowest BCUT2D eigenvalue weighted by Gasteiger charge is -2.32. The van der Waals surface area contributed by atoms with E-state index in [1.807, 2.05) is 26.8 Å². The summed E-state index contributed by atoms with van der Waals surface area (Å²) < 4.78 is 5.31. The zero-order valence-electron chi connectivity index (χ0n) is 13.1. The molecule has 2 N–H and O–H groups in total. The second-order valence-corrected chi connectivity index (χ2v) is 7.38. The second-order valence-electron chi connectivity index (χ2n) is 6.54. The summed E-state index contributed by atoms with van der Waals surface area (Å²) in [5, 5.41) is 7.69. The number of alkyl carbamates (subject to hydrolysis) is 1. The largest absolute Gasteiger partial charge is 0.444 e. The highest BCUT2D eigenvalue weighted by Gasteiger charge is 2.27. The van der Waals surface area contributed by atoms with Gasteiger partial charge in [0.25, 0.3) is 0 Å². The Balaban J connectivity index is 2.00. The van der Waals surface area contributed by atoms with Crippen molar-refractivity contribution in [2.24, 2.45) is 0 Å². The topological polar surface area (TPSA) is 50.4 Å². The molecule has 1 heterocycles. The summed E-state index contributed by atoms with van der Waals surface area (Å²) >= 11 is 12.3. The van der Waals surface area contributed by atoms with Crippen LogP contribution in [0.15, 0.2) is 18.2 Å². The smallest absolute Gasteiger partial charge is 0.407 e. The second kappa shape index (κ2) is 7.07. The third kappa shape index (κ3) is 5.04. The molecule has 0 spiro atoms. The van der Waals surface area contributed by atoms with Crippen molar-refractivity contribution >= 4 is 29.3 Å². The Morgan fingerprint density at radius 2 is 2.09 bits per heavy atom. The highest BCUT2D eigenvalue weighted by atomic mass is 35.5. The normalized spacial score (nSPS) is 22.2. The van der Waals surface area contributed by atoms with Gasteiger partial charge in [-0.15, -0.1) is 0 Å². The molecule has 1 amide bonds. The molecule has 1 aliphatic rings. The third-order valence-electron chi connectivity index (χ3n) is 3.46. The molecular formula is C16H22Cl2N2O2. The van der Waals surface area contributed by atoms with Crippen LogP contribution in [0.2, 0.25) is 10.0 Å². The predicted molar refractivity (Wildman–Crippen MR) is 89.6 cm³/mol. The summed E-state index contributed by atoms with van der Waals surface area (Å²) in [6.07, 6.45) is 1.23. The van der Waals surface area contributed by atoms with Crippen LogP contribution in [0.5, 0.6) is 0 Å². The number of benzene rings is 1. The van der Waals surface area contributed by atoms with Gasteiger partial charge in [-0.2, -0.15) is 0 Å². The van der Waals surface area contributed by atoms with Crippen LogP contribution in [-0.2, 0) is 4.74 Å². The van der Waals surface area contributed by atoms with Crippen LogP contribution in [0.1, 0.15) is 45.2 Å². The summed E-state index contributed by atoms with van der Waals surface area (Å²) in [7, 11) is 0. The number of hydrogen-bond donors (Lipinski definition) is 2. The van der Waals surface area contributed by atoms with Gasteiger partial charge in [-0.3, -0.25) is 0 Å². The Morgan fingerprint density at radius 1 is 1.36 bits per heavy atom. The first-order chi connectivity index (χ1) is 10.2. The van der Waals surface area contributed by atoms with Gasteiger partial charge in [0.2, 0.25) is 0 Å². The van der Waals surface area contributed by atoms with Gasteiger partial charge < -0.3 is 15.4 Å². The van der Waals surface area contributed by atoms with Crippen LogP contribution in [0, 0.1) is 0 Å². The standard InChI is InChI=1S/C16H22Cl2N2O2/c1-16(2,3)22-15(21)20-11-6-7-19-14(9-11)12-8-10(17)4-5-13(12)18/h4-5,8,11,14,19H,6-7,9H2,1-3H3,(H,20,21). The van der Waals surface area contributed by atoms with Crippen LogP contribution in [0.3, 0.4) is 0 Å². The number of ether oxygens (including phenoxy) is 1. The maximum Gasteiger partial charge on any atom is 0.407 e. The van der Waals surface area contributed by atoms with Crippen molar-refractivity contribution in [1.82, 2.24) is 10.6 Å². The van der Waals surface area contributed by atoms with E-state index < -0.39 is 5.60 Å². The lowest BCUT2D eigenvalue weighted by molar-refractivity contribution is 0.0490. The van der Waals surface area contributed by atoms with Crippen molar-refractivity contribution in [2.75, 3.05) is 6.54 Å². The number of nitrogens with one attached hydrogen (secondary N) is 2. The van der Waals surface area contributed by atoms with Crippen molar-refractivity contribution in [2.45, 2.75) is 51.3 Å². The first-order valence-electron chi connectivity index (χ1n) is 7.42. The number of amides is 1. The Kier molecular flexibility index (Phi) is 5.59. The Morgan fingerprint density at radius 3 is 2.77 bits per heavy atom. The van der Waals surface area contributed by atoms with Crippen LogP contribution in [0.4, 0.5) is 4.79 Å². The Bertz CT molecular complexity index is 543. The molecule has 0 radical (unpaired) electrons. The van der Waals surface area contributed by atoms with Crippen LogP contribution in [0.25, 0.3) is 0 Å². The van der Waals surface area contributed by atoms with Crippen molar-refractivity contribution in [3.05, 3.63) is 33.8 Å². The van der Waals surface area contributed by atoms with Crippen LogP contribution < -0.4 is 10.6 Å². The molecule has 2 atom stereocenters. The molecule has 1 aromatic carbocycles. The fourth-order valence-electron chi connectivity index (χ4n) is 2.54. The summed E-state index contributed by atoms with van der Waals surface area (Å²) in [5.41, 5.74) is 0.469. The molecule has 122 valence electrons. The summed E-state index contributed by atoms with van der Waals surface area (Å²) in [5.74, 6) is 0. The minimum absolute atomic E-state index is 0.0520. The van der Waals surface area contributed by atoms with E-state index in [4.69, 9.17) is 27.9 Å². The fraction of sp³-hybridized carbons (Fsp3) is 0.562. The minimum atomic E-state index is -0.493. The fourth-order valence-corrected chi connectivity index (χ4v) is 2.97. The number of hydrogen-bond acceptors (Lipinski definition) is 3. The highest BCUT2D eigenvalue weighted by molar-refractivity contribution is 6.33. The van der Waals surface area contributed by atoms with E-state index in [1.165, 1.54) is 0 Å². The van der Waals surface area contributed by atoms with E-state index in [9.17, 15) is 4.79 Å². The summed E-state index contributed by atoms with van der Waals surface area (Å²) in [4.78, 5) is 11.9. The van der Waals surface area contributed by atoms with Crippen molar-refractivity contribution in [3.63, 3.8) is 0 Å². The first-order valence-corrected chi connectivity index (χ1v) is 8.18. The molecular weight excluding hydrogens is 323 g/mol. The van der Waals surface area contributed by atoms with E-state index in [0.29, 0.717) is 10.0 Å². The van der Waals surface area contributed by atoms with E-state index >= 15 is 0 Å². The zero-order chi connectivity index (χ0) is 16.3. The van der Waals surface area contributed by atoms with Gasteiger partial charge in [-0.1, -0.05) is 23.2 Å². The monoisotopic (exact) mass is 344 g/mol. The molecule has 0 aromatic heterocycles. The lowest BCUT2D eigenvalue weighted by Crippen LogP contribution is -2.45. The highest BCUT2D eigenvalue weighted by Crippen LogP contribution is 2.31. The predicted octanol–water partition coefficient (Wildman–Crippen LogP) is 4.31. The van der Waals surface area contributed by atoms with Gasteiger partial charge in [0, 0.05) is 22.1 Å². The van der Waals surface area contributed by atoms with Crippen molar-refractivity contribution in [1.29, 1.82) is 0 Å². The maximum absolute atomic E-state index is 11.9. The third-order valence-corrected chi connectivity index (χ3v) is 4.04. The minimum Gasteiger partial charge on any atom is -0.444 e. The van der Waals surface area contributed by atoms with E-state index in [0.717, 1.165) is 24.9 Å². The molecule has 6 heteroatoms. The molecule has 0 saturated carbocycles. The zero-order valence-corrected chi connectivity index (χ0v) is 14.6. The van der Waals surface area contributed by atoms with Crippen LogP contribution >= 0.6 is 23.2 Å². The molecule has 22 heavy (non-hydrogen) atoms. The van der Waals surface area contributed by atoms with E-state index in [2.05, 4.69) is 10.6 Å². The Hall–Kier alpha value is -0.970. The molecule has 0 aliphatic carbocycles. The van der Waals surface area contributed by atoms with Crippen molar-refractivity contribution < 1.29 is 9.53 Å². The van der Waals surface area contributed by atoms with Gasteiger partial charge in [-0.05, 0) is 63.9 Å². The molecule has 2 unspecified atom stereocenters. The average Bonchev–Trinajstić information content (AvgIpc) is 2.39. The average molecular weight is 345 g/mol. The summed E-state index contributed by atoms with van der Waals surface area (Å²) in [6.45, 7) is 6.35. The lowest BCUT2D eigenvalue weighted by atomic mass is 9.94. The van der Waals surface area contributed by atoms with E-state index in [1.54, 1.807) is 12.1 Å². The molecule has 0 bridgehead atoms. The number of halogens is 2. The SMILES string of the molecule is CC(C)(C)OC(=O)NC1CCNC(c2cc(Cl)ccc2Cl)C1. The van der Waals surface area contributed by atoms with Gasteiger partial charge in [0.05, 0.1) is 0 Å². The van der Waals surface area contributed by atoms with Gasteiger partial charge >= 0.3 is 6.09 Å². The van der Waals surface area contributed by atoms with Crippen LogP contribution in [-0.4, -0.2) is 24.3 Å². The molecule has 4 nitrogen and oxygen atoms in total. The molecule has 1 aromatic rings. The number of carbonyl (C=O) groups excluding carboxylic acids is 1. The van der Waals surface area contributed by atoms with Gasteiger partial charge in [-0.25, -0.2) is 4.79 Å². The quantitative estimate of drug-likeness (QED) is 0.840. The number of rotatable bonds is 2. The first kappa shape index (κ1) is 17.4. The van der Waals surface area contributed by atoms with Gasteiger partial charge in [0.1, 0.15) is 5.60 Å². The van der Waals surface area contributed by atoms with E-state index in [-0.39, 0.29) is 18.2 Å². The number of carbonyl (C=O) groups is 1. The molecule has 1 saturated heterocycles.